The highest BCUT2D eigenvalue weighted by Crippen LogP contribution is 2.18. The molecule has 1 fully saturated rings. The first-order valence-corrected chi connectivity index (χ1v) is 11.3. The summed E-state index contributed by atoms with van der Waals surface area (Å²) in [5.41, 5.74) is 0.309. The summed E-state index contributed by atoms with van der Waals surface area (Å²) in [6, 6.07) is 5.90. The van der Waals surface area contributed by atoms with Gasteiger partial charge in [0.2, 0.25) is 15.9 Å². The highest BCUT2D eigenvalue weighted by molar-refractivity contribution is 7.89. The van der Waals surface area contributed by atoms with Gasteiger partial charge in [-0.05, 0) is 51.3 Å². The normalized spacial score (nSPS) is 15.8. The third-order valence-corrected chi connectivity index (χ3v) is 7.09. The van der Waals surface area contributed by atoms with Crippen LogP contribution in [0.1, 0.15) is 56.3 Å². The fraction of sp³-hybridized carbons (Fsp3) is 0.600. The lowest BCUT2D eigenvalue weighted by Crippen LogP contribution is -2.34. The lowest BCUT2D eigenvalue weighted by atomic mass is 10.2. The van der Waals surface area contributed by atoms with E-state index in [4.69, 9.17) is 0 Å². The fourth-order valence-corrected chi connectivity index (χ4v) is 4.50. The first-order valence-electron chi connectivity index (χ1n) is 9.87. The molecule has 0 unspecified atom stereocenters. The number of amides is 2. The Kier molecular flexibility index (Phi) is 8.00. The maximum atomic E-state index is 12.6. The van der Waals surface area contributed by atoms with E-state index in [1.165, 1.54) is 23.5 Å². The molecule has 1 aliphatic rings. The van der Waals surface area contributed by atoms with Crippen LogP contribution < -0.4 is 5.32 Å². The number of likely N-dealkylation sites (tertiary alicyclic amines) is 1. The Morgan fingerprint density at radius 1 is 1.25 bits per heavy atom. The van der Waals surface area contributed by atoms with Crippen LogP contribution in [0.2, 0.25) is 0 Å². The molecule has 1 N–H and O–H groups in total. The molecule has 0 bridgehead atoms. The summed E-state index contributed by atoms with van der Waals surface area (Å²) < 4.78 is 26.5. The SMILES string of the molecule is CC(C)N(C)S(=O)(=O)c1cccc(C(=O)NCCCN2CCCCCC2=O)c1. The highest BCUT2D eigenvalue weighted by Gasteiger charge is 2.24. The second-order valence-corrected chi connectivity index (χ2v) is 9.44. The Morgan fingerprint density at radius 2 is 2.00 bits per heavy atom. The maximum absolute atomic E-state index is 12.6. The molecule has 1 heterocycles. The molecular weight excluding hydrogens is 378 g/mol. The number of benzene rings is 1. The summed E-state index contributed by atoms with van der Waals surface area (Å²) in [7, 11) is -2.11. The number of rotatable bonds is 8. The van der Waals surface area contributed by atoms with Crippen LogP contribution in [0, 0.1) is 0 Å². The molecule has 0 radical (unpaired) electrons. The van der Waals surface area contributed by atoms with Crippen molar-refractivity contribution in [2.45, 2.75) is 56.9 Å². The Morgan fingerprint density at radius 3 is 2.71 bits per heavy atom. The first-order chi connectivity index (χ1) is 13.2. The summed E-state index contributed by atoms with van der Waals surface area (Å²) in [4.78, 5) is 26.3. The number of carbonyl (C=O) groups is 2. The van der Waals surface area contributed by atoms with Crippen molar-refractivity contribution < 1.29 is 18.0 Å². The highest BCUT2D eigenvalue weighted by atomic mass is 32.2. The minimum atomic E-state index is -3.63. The van der Waals surface area contributed by atoms with Crippen molar-refractivity contribution in [3.05, 3.63) is 29.8 Å². The zero-order chi connectivity index (χ0) is 20.7. The van der Waals surface area contributed by atoms with Gasteiger partial charge in [0.15, 0.2) is 0 Å². The molecule has 8 heteroatoms. The molecule has 1 aromatic rings. The van der Waals surface area contributed by atoms with Crippen LogP contribution in [0.5, 0.6) is 0 Å². The van der Waals surface area contributed by atoms with Gasteiger partial charge in [0.1, 0.15) is 0 Å². The zero-order valence-electron chi connectivity index (χ0n) is 17.0. The Hall–Kier alpha value is -1.93. The number of sulfonamides is 1. The standard InChI is InChI=1S/C20H31N3O4S/c1-16(2)22(3)28(26,27)18-10-7-9-17(15-18)20(25)21-12-8-14-23-13-6-4-5-11-19(23)24/h7,9-10,15-16H,4-6,8,11-14H2,1-3H3,(H,21,25). The quantitative estimate of drug-likeness (QED) is 0.667. The molecule has 1 aliphatic heterocycles. The third kappa shape index (κ3) is 5.78. The average Bonchev–Trinajstić information content (AvgIpc) is 2.88. The molecule has 7 nitrogen and oxygen atoms in total. The van der Waals surface area contributed by atoms with Crippen LogP contribution in [0.25, 0.3) is 0 Å². The van der Waals surface area contributed by atoms with Crippen LogP contribution >= 0.6 is 0 Å². The largest absolute Gasteiger partial charge is 0.352 e. The summed E-state index contributed by atoms with van der Waals surface area (Å²) in [5.74, 6) is -0.123. The van der Waals surface area contributed by atoms with E-state index in [-0.39, 0.29) is 22.8 Å². The van der Waals surface area contributed by atoms with Crippen LogP contribution in [-0.4, -0.2) is 62.2 Å². The summed E-state index contributed by atoms with van der Waals surface area (Å²) >= 11 is 0. The molecule has 0 atom stereocenters. The molecule has 2 rings (SSSR count). The molecule has 1 aromatic carbocycles. The second-order valence-electron chi connectivity index (χ2n) is 7.44. The van der Waals surface area contributed by atoms with Crippen LogP contribution in [0.4, 0.5) is 0 Å². The van der Waals surface area contributed by atoms with Gasteiger partial charge >= 0.3 is 0 Å². The van der Waals surface area contributed by atoms with Crippen molar-refractivity contribution in [3.8, 4) is 0 Å². The lowest BCUT2D eigenvalue weighted by molar-refractivity contribution is -0.130. The molecule has 0 aliphatic carbocycles. The molecular formula is C20H31N3O4S. The summed E-state index contributed by atoms with van der Waals surface area (Å²) in [6.07, 6.45) is 4.36. The minimum Gasteiger partial charge on any atom is -0.352 e. The maximum Gasteiger partial charge on any atom is 0.251 e. The molecule has 0 spiro atoms. The van der Waals surface area contributed by atoms with Gasteiger partial charge in [-0.1, -0.05) is 12.5 Å². The van der Waals surface area contributed by atoms with Gasteiger partial charge in [-0.25, -0.2) is 8.42 Å². The van der Waals surface area contributed by atoms with Gasteiger partial charge in [0.25, 0.3) is 5.91 Å². The second kappa shape index (κ2) is 10.0. The average molecular weight is 410 g/mol. The van der Waals surface area contributed by atoms with Crippen molar-refractivity contribution >= 4 is 21.8 Å². The van der Waals surface area contributed by atoms with Gasteiger partial charge in [-0.15, -0.1) is 0 Å². The van der Waals surface area contributed by atoms with Crippen molar-refractivity contribution in [2.24, 2.45) is 0 Å². The minimum absolute atomic E-state index is 0.103. The number of hydrogen-bond donors (Lipinski definition) is 1. The summed E-state index contributed by atoms with van der Waals surface area (Å²) in [6.45, 7) is 5.45. The Balaban J connectivity index is 1.91. The van der Waals surface area contributed by atoms with E-state index in [0.717, 1.165) is 25.8 Å². The number of nitrogens with one attached hydrogen (secondary N) is 1. The van der Waals surface area contributed by atoms with E-state index in [1.54, 1.807) is 26.0 Å². The van der Waals surface area contributed by atoms with Gasteiger partial charge in [-0.2, -0.15) is 4.31 Å². The van der Waals surface area contributed by atoms with Gasteiger partial charge < -0.3 is 10.2 Å². The van der Waals surface area contributed by atoms with Crippen LogP contribution in [0.15, 0.2) is 29.2 Å². The van der Waals surface area contributed by atoms with E-state index in [9.17, 15) is 18.0 Å². The molecule has 156 valence electrons. The monoisotopic (exact) mass is 409 g/mol. The fourth-order valence-electron chi connectivity index (χ4n) is 3.09. The molecule has 28 heavy (non-hydrogen) atoms. The number of carbonyl (C=O) groups excluding carboxylic acids is 2. The van der Waals surface area contributed by atoms with Crippen LogP contribution in [-0.2, 0) is 14.8 Å². The van der Waals surface area contributed by atoms with E-state index in [0.29, 0.717) is 31.5 Å². The van der Waals surface area contributed by atoms with Crippen LogP contribution in [0.3, 0.4) is 0 Å². The topological polar surface area (TPSA) is 86.8 Å². The predicted molar refractivity (Wildman–Crippen MR) is 109 cm³/mol. The molecule has 2 amide bonds. The van der Waals surface area contributed by atoms with Gasteiger partial charge in [-0.3, -0.25) is 9.59 Å². The Bertz CT molecular complexity index is 792. The van der Waals surface area contributed by atoms with E-state index >= 15 is 0 Å². The predicted octanol–water partition coefficient (Wildman–Crippen LogP) is 2.24. The Labute approximate surface area is 168 Å². The van der Waals surface area contributed by atoms with Crippen molar-refractivity contribution in [1.29, 1.82) is 0 Å². The van der Waals surface area contributed by atoms with Crippen molar-refractivity contribution in [1.82, 2.24) is 14.5 Å². The third-order valence-electron chi connectivity index (χ3n) is 5.06. The molecule has 0 saturated carbocycles. The van der Waals surface area contributed by atoms with Crippen molar-refractivity contribution in [3.63, 3.8) is 0 Å². The lowest BCUT2D eigenvalue weighted by Gasteiger charge is -2.21. The first kappa shape index (κ1) is 22.4. The van der Waals surface area contributed by atoms with Gasteiger partial charge in [0.05, 0.1) is 4.90 Å². The number of hydrogen-bond acceptors (Lipinski definition) is 4. The van der Waals surface area contributed by atoms with Gasteiger partial charge in [0, 0.05) is 44.7 Å². The molecule has 1 saturated heterocycles. The van der Waals surface area contributed by atoms with E-state index in [1.807, 2.05) is 4.90 Å². The zero-order valence-corrected chi connectivity index (χ0v) is 17.8. The number of nitrogens with zero attached hydrogens (tertiary/aromatic N) is 2. The molecule has 0 aromatic heterocycles. The van der Waals surface area contributed by atoms with E-state index in [2.05, 4.69) is 5.32 Å². The summed E-state index contributed by atoms with van der Waals surface area (Å²) in [5, 5.41) is 2.81. The van der Waals surface area contributed by atoms with Crippen molar-refractivity contribution in [2.75, 3.05) is 26.7 Å². The van der Waals surface area contributed by atoms with E-state index < -0.39 is 10.0 Å². The smallest absolute Gasteiger partial charge is 0.251 e.